The molecule has 4 nitrogen and oxygen atoms in total. The summed E-state index contributed by atoms with van der Waals surface area (Å²) in [5.41, 5.74) is 10.9. The summed E-state index contributed by atoms with van der Waals surface area (Å²) < 4.78 is 0. The molecule has 1 N–H and O–H groups in total. The molecule has 172 valence electrons. The molecule has 0 radical (unpaired) electrons. The molecular weight excluding hydrogens is 442 g/mol. The van der Waals surface area contributed by atoms with E-state index in [0.717, 1.165) is 34.4 Å². The average molecular weight is 470 g/mol. The number of carbonyl (C=O) groups is 1. The van der Waals surface area contributed by atoms with Gasteiger partial charge in [-0.05, 0) is 56.0 Å². The summed E-state index contributed by atoms with van der Waals surface area (Å²) in [5, 5.41) is 5.71. The van der Waals surface area contributed by atoms with Crippen molar-refractivity contribution in [3.63, 3.8) is 0 Å². The van der Waals surface area contributed by atoms with E-state index in [4.69, 9.17) is 16.6 Å². The molecule has 0 saturated carbocycles. The quantitative estimate of drug-likeness (QED) is 0.238. The monoisotopic (exact) mass is 469 g/mol. The Balaban J connectivity index is 1.76. The van der Waals surface area contributed by atoms with Gasteiger partial charge in [0.2, 0.25) is 0 Å². The van der Waals surface area contributed by atoms with Gasteiger partial charge in [0.1, 0.15) is 0 Å². The molecular formula is C29H28ClN3O. The van der Waals surface area contributed by atoms with Crippen LogP contribution in [0.1, 0.15) is 52.9 Å². The van der Waals surface area contributed by atoms with E-state index in [1.54, 1.807) is 6.07 Å². The Morgan fingerprint density at radius 1 is 0.971 bits per heavy atom. The zero-order valence-electron chi connectivity index (χ0n) is 19.9. The van der Waals surface area contributed by atoms with E-state index in [1.165, 1.54) is 5.56 Å². The van der Waals surface area contributed by atoms with Crippen LogP contribution in [0, 0.1) is 13.8 Å². The highest BCUT2D eigenvalue weighted by molar-refractivity contribution is 6.35. The fourth-order valence-corrected chi connectivity index (χ4v) is 4.23. The molecule has 3 aromatic carbocycles. The molecule has 0 fully saturated rings. The van der Waals surface area contributed by atoms with E-state index in [1.807, 2.05) is 37.3 Å². The zero-order valence-corrected chi connectivity index (χ0v) is 20.7. The number of hydrogen-bond acceptors (Lipinski definition) is 3. The number of aromatic nitrogens is 1. The number of amides is 1. The lowest BCUT2D eigenvalue weighted by molar-refractivity contribution is 0.0956. The second-order valence-electron chi connectivity index (χ2n) is 8.41. The molecule has 0 unspecified atom stereocenters. The predicted molar refractivity (Wildman–Crippen MR) is 142 cm³/mol. The highest BCUT2D eigenvalue weighted by Crippen LogP contribution is 2.29. The van der Waals surface area contributed by atoms with Gasteiger partial charge in [0.15, 0.2) is 0 Å². The molecule has 1 heterocycles. The second kappa shape index (κ2) is 10.2. The average Bonchev–Trinajstić information content (AvgIpc) is 2.86. The lowest BCUT2D eigenvalue weighted by atomic mass is 10.00. The van der Waals surface area contributed by atoms with Crippen molar-refractivity contribution in [1.29, 1.82) is 0 Å². The van der Waals surface area contributed by atoms with E-state index >= 15 is 0 Å². The molecule has 1 aromatic heterocycles. The minimum absolute atomic E-state index is 0.294. The van der Waals surface area contributed by atoms with Gasteiger partial charge in [-0.1, -0.05) is 79.5 Å². The number of para-hydroxylation sites is 1. The largest absolute Gasteiger partial charge is 0.272 e. The molecule has 5 heteroatoms. The van der Waals surface area contributed by atoms with Gasteiger partial charge >= 0.3 is 0 Å². The van der Waals surface area contributed by atoms with Gasteiger partial charge in [0.05, 0.1) is 27.5 Å². The van der Waals surface area contributed by atoms with Crippen LogP contribution < -0.4 is 5.43 Å². The molecule has 4 aromatic rings. The lowest BCUT2D eigenvalue weighted by Crippen LogP contribution is -2.21. The second-order valence-corrected chi connectivity index (χ2v) is 8.82. The lowest BCUT2D eigenvalue weighted by Gasteiger charge is -2.12. The van der Waals surface area contributed by atoms with Gasteiger partial charge in [0, 0.05) is 16.5 Å². The van der Waals surface area contributed by atoms with Gasteiger partial charge in [0.25, 0.3) is 5.91 Å². The van der Waals surface area contributed by atoms with Gasteiger partial charge < -0.3 is 0 Å². The first-order chi connectivity index (χ1) is 16.4. The van der Waals surface area contributed by atoms with Crippen LogP contribution in [0.25, 0.3) is 22.2 Å². The number of hydrazone groups is 1. The zero-order chi connectivity index (χ0) is 24.2. The first-order valence-electron chi connectivity index (χ1n) is 11.5. The Labute approximate surface area is 205 Å². The van der Waals surface area contributed by atoms with Crippen LogP contribution in [0.15, 0.2) is 71.8 Å². The third-order valence-corrected chi connectivity index (χ3v) is 6.33. The fourth-order valence-electron chi connectivity index (χ4n) is 4.02. The van der Waals surface area contributed by atoms with Crippen molar-refractivity contribution in [3.8, 4) is 11.3 Å². The summed E-state index contributed by atoms with van der Waals surface area (Å²) in [6.45, 7) is 8.26. The van der Waals surface area contributed by atoms with E-state index in [9.17, 15) is 4.79 Å². The van der Waals surface area contributed by atoms with Gasteiger partial charge in [-0.15, -0.1) is 0 Å². The number of pyridine rings is 1. The van der Waals surface area contributed by atoms with Crippen LogP contribution in [0.5, 0.6) is 0 Å². The third-order valence-electron chi connectivity index (χ3n) is 6.02. The molecule has 0 spiro atoms. The number of fused-ring (bicyclic) bond motifs is 1. The topological polar surface area (TPSA) is 54.4 Å². The van der Waals surface area contributed by atoms with Crippen molar-refractivity contribution >= 4 is 34.1 Å². The molecule has 0 bridgehead atoms. The molecule has 0 aliphatic carbocycles. The molecule has 0 saturated heterocycles. The minimum atomic E-state index is -0.294. The van der Waals surface area contributed by atoms with Crippen LogP contribution in [0.3, 0.4) is 0 Å². The summed E-state index contributed by atoms with van der Waals surface area (Å²) in [4.78, 5) is 18.1. The predicted octanol–water partition coefficient (Wildman–Crippen LogP) is 7.28. The van der Waals surface area contributed by atoms with Crippen LogP contribution in [-0.4, -0.2) is 16.6 Å². The van der Waals surface area contributed by atoms with Crippen LogP contribution in [0.4, 0.5) is 0 Å². The number of aryl methyl sites for hydroxylation is 3. The molecule has 34 heavy (non-hydrogen) atoms. The standard InChI is InChI=1S/C29H28ClN3O/c1-5-20-12-14-21(15-13-20)27-17-24(22-8-7-9-25(30)28(22)31-27)29(34)33-32-26(6-2)23-16-18(3)10-11-19(23)4/h7-17H,5-6H2,1-4H3,(H,33,34). The Kier molecular flexibility index (Phi) is 7.09. The molecule has 0 aliphatic rings. The summed E-state index contributed by atoms with van der Waals surface area (Å²) in [5.74, 6) is -0.294. The number of nitrogens with zero attached hydrogens (tertiary/aromatic N) is 2. The molecule has 0 atom stereocenters. The molecule has 1 amide bonds. The highest BCUT2D eigenvalue weighted by Gasteiger charge is 2.16. The summed E-state index contributed by atoms with van der Waals surface area (Å²) >= 11 is 6.48. The van der Waals surface area contributed by atoms with Crippen molar-refractivity contribution in [2.45, 2.75) is 40.5 Å². The number of nitrogens with one attached hydrogen (secondary N) is 1. The Morgan fingerprint density at radius 3 is 2.44 bits per heavy atom. The van der Waals surface area contributed by atoms with Crippen molar-refractivity contribution in [2.24, 2.45) is 5.10 Å². The maximum Gasteiger partial charge on any atom is 0.272 e. The van der Waals surface area contributed by atoms with Crippen LogP contribution >= 0.6 is 11.6 Å². The van der Waals surface area contributed by atoms with Crippen LogP contribution in [-0.2, 0) is 6.42 Å². The van der Waals surface area contributed by atoms with Crippen molar-refractivity contribution in [3.05, 3.63) is 99.6 Å². The van der Waals surface area contributed by atoms with Crippen LogP contribution in [0.2, 0.25) is 5.02 Å². The van der Waals surface area contributed by atoms with Crippen molar-refractivity contribution < 1.29 is 4.79 Å². The summed E-state index contributed by atoms with van der Waals surface area (Å²) in [6.07, 6.45) is 1.66. The Hall–Kier alpha value is -3.50. The van der Waals surface area contributed by atoms with Crippen molar-refractivity contribution in [1.82, 2.24) is 10.4 Å². The number of carbonyl (C=O) groups excluding carboxylic acids is 1. The van der Waals surface area contributed by atoms with E-state index in [0.29, 0.717) is 33.6 Å². The number of halogens is 1. The number of rotatable bonds is 6. The first-order valence-corrected chi connectivity index (χ1v) is 11.9. The SMILES string of the molecule is CCC(=NNC(=O)c1cc(-c2ccc(CC)cc2)nc2c(Cl)cccc12)c1cc(C)ccc1C. The summed E-state index contributed by atoms with van der Waals surface area (Å²) in [6, 6.07) is 21.8. The number of hydrogen-bond donors (Lipinski definition) is 1. The maximum absolute atomic E-state index is 13.4. The smallest absolute Gasteiger partial charge is 0.267 e. The van der Waals surface area contributed by atoms with Gasteiger partial charge in [-0.25, -0.2) is 10.4 Å². The normalized spacial score (nSPS) is 11.6. The minimum Gasteiger partial charge on any atom is -0.267 e. The molecule has 4 rings (SSSR count). The Morgan fingerprint density at radius 2 is 1.74 bits per heavy atom. The van der Waals surface area contributed by atoms with Gasteiger partial charge in [-0.3, -0.25) is 4.79 Å². The summed E-state index contributed by atoms with van der Waals surface area (Å²) in [7, 11) is 0. The van der Waals surface area contributed by atoms with Gasteiger partial charge in [-0.2, -0.15) is 5.10 Å². The highest BCUT2D eigenvalue weighted by atomic mass is 35.5. The van der Waals surface area contributed by atoms with E-state index in [2.05, 4.69) is 61.6 Å². The Bertz CT molecular complexity index is 1390. The maximum atomic E-state index is 13.4. The fraction of sp³-hybridized carbons (Fsp3) is 0.207. The third kappa shape index (κ3) is 4.87. The van der Waals surface area contributed by atoms with Crippen molar-refractivity contribution in [2.75, 3.05) is 0 Å². The van der Waals surface area contributed by atoms with E-state index < -0.39 is 0 Å². The first kappa shape index (κ1) is 23.7. The van der Waals surface area contributed by atoms with E-state index in [-0.39, 0.29) is 5.91 Å². The number of benzene rings is 3. The molecule has 0 aliphatic heterocycles.